The molecule has 0 atom stereocenters. The van der Waals surface area contributed by atoms with Gasteiger partial charge in [0.15, 0.2) is 22.5 Å². The molecule has 0 fully saturated rings. The van der Waals surface area contributed by atoms with E-state index in [1.165, 1.54) is 0 Å². The summed E-state index contributed by atoms with van der Waals surface area (Å²) in [4.78, 5) is 30.1. The zero-order valence-electron chi connectivity index (χ0n) is 11.1. The van der Waals surface area contributed by atoms with Crippen molar-refractivity contribution in [1.82, 2.24) is 20.7 Å². The summed E-state index contributed by atoms with van der Waals surface area (Å²) in [7, 11) is 0. The maximum absolute atomic E-state index is 11.7. The topological polar surface area (TPSA) is 158 Å². The fourth-order valence-electron chi connectivity index (χ4n) is 1.08. The molecule has 0 unspecified atom stereocenters. The molecule has 1 aromatic rings. The lowest BCUT2D eigenvalue weighted by atomic mass is 10.4. The molecular weight excluding hydrogens is 302 g/mol. The molecular formula is C10H14ClN7O3. The van der Waals surface area contributed by atoms with Crippen LogP contribution in [0.15, 0.2) is 5.10 Å². The van der Waals surface area contributed by atoms with Crippen LogP contribution in [0.25, 0.3) is 0 Å². The van der Waals surface area contributed by atoms with E-state index in [0.717, 1.165) is 6.34 Å². The van der Waals surface area contributed by atoms with E-state index in [0.29, 0.717) is 6.42 Å². The van der Waals surface area contributed by atoms with Crippen molar-refractivity contribution in [2.24, 2.45) is 5.10 Å². The van der Waals surface area contributed by atoms with Gasteiger partial charge < -0.3 is 21.5 Å². The van der Waals surface area contributed by atoms with E-state index in [4.69, 9.17) is 23.1 Å². The second-order valence-electron chi connectivity index (χ2n) is 3.61. The molecule has 0 radical (unpaired) electrons. The molecule has 0 aliphatic rings. The predicted molar refractivity (Wildman–Crippen MR) is 76.6 cm³/mol. The molecule has 11 heteroatoms. The molecule has 0 spiro atoms. The second-order valence-corrected chi connectivity index (χ2v) is 3.97. The highest BCUT2D eigenvalue weighted by atomic mass is 35.5. The number of hydrogen-bond donors (Lipinski definition) is 4. The highest BCUT2D eigenvalue weighted by Gasteiger charge is 2.14. The van der Waals surface area contributed by atoms with Gasteiger partial charge in [-0.25, -0.2) is 20.2 Å². The monoisotopic (exact) mass is 315 g/mol. The molecule has 1 aromatic heterocycles. The van der Waals surface area contributed by atoms with Crippen LogP contribution >= 0.6 is 11.6 Å². The quantitative estimate of drug-likeness (QED) is 0.341. The van der Waals surface area contributed by atoms with E-state index in [9.17, 15) is 9.59 Å². The molecule has 21 heavy (non-hydrogen) atoms. The number of anilines is 2. The fourth-order valence-corrected chi connectivity index (χ4v) is 1.21. The SMILES string of the molecule is CCCOC(=O)NN=CNC(=O)c1nc(Cl)c(N)nc1N. The molecule has 1 rings (SSSR count). The van der Waals surface area contributed by atoms with Gasteiger partial charge in [0.1, 0.15) is 6.34 Å². The smallest absolute Gasteiger partial charge is 0.427 e. The van der Waals surface area contributed by atoms with E-state index in [-0.39, 0.29) is 29.1 Å². The number of ether oxygens (including phenoxy) is 1. The third-order valence-corrected chi connectivity index (χ3v) is 2.25. The summed E-state index contributed by atoms with van der Waals surface area (Å²) in [6, 6.07) is 0. The lowest BCUT2D eigenvalue weighted by Gasteiger charge is -2.04. The van der Waals surface area contributed by atoms with Crippen LogP contribution in [0.1, 0.15) is 23.8 Å². The van der Waals surface area contributed by atoms with Crippen LogP contribution < -0.4 is 22.2 Å². The minimum absolute atomic E-state index is 0.0836. The van der Waals surface area contributed by atoms with Gasteiger partial charge >= 0.3 is 6.09 Å². The van der Waals surface area contributed by atoms with Crippen molar-refractivity contribution in [3.8, 4) is 0 Å². The van der Waals surface area contributed by atoms with E-state index in [1.807, 2.05) is 12.3 Å². The first-order valence-corrected chi connectivity index (χ1v) is 6.17. The van der Waals surface area contributed by atoms with Crippen molar-refractivity contribution >= 4 is 41.6 Å². The Morgan fingerprint density at radius 2 is 2.10 bits per heavy atom. The largest absolute Gasteiger partial charge is 0.448 e. The molecule has 2 amide bonds. The highest BCUT2D eigenvalue weighted by molar-refractivity contribution is 6.31. The number of rotatable bonds is 5. The van der Waals surface area contributed by atoms with Gasteiger partial charge in [-0.2, -0.15) is 5.10 Å². The number of nitrogen functional groups attached to an aromatic ring is 2. The number of nitrogens with zero attached hydrogens (tertiary/aromatic N) is 3. The van der Waals surface area contributed by atoms with Gasteiger partial charge in [0.05, 0.1) is 6.61 Å². The van der Waals surface area contributed by atoms with Crippen LogP contribution in [-0.4, -0.2) is 34.9 Å². The lowest BCUT2D eigenvalue weighted by molar-refractivity contribution is 0.0973. The maximum Gasteiger partial charge on any atom is 0.427 e. The van der Waals surface area contributed by atoms with Crippen molar-refractivity contribution < 1.29 is 14.3 Å². The molecule has 0 saturated heterocycles. The number of halogens is 1. The average molecular weight is 316 g/mol. The standard InChI is InChI=1S/C10H14ClN7O3/c1-2-3-21-10(20)18-15-4-14-9(19)5-7(12)17-8(13)6(11)16-5/h4H,2-3H2,1H3,(H,18,20)(H4,12,13,17)(H,14,15,19). The molecule has 0 saturated carbocycles. The van der Waals surface area contributed by atoms with Crippen LogP contribution in [0.3, 0.4) is 0 Å². The minimum Gasteiger partial charge on any atom is -0.448 e. The number of hydrogen-bond acceptors (Lipinski definition) is 8. The van der Waals surface area contributed by atoms with Gasteiger partial charge in [0.25, 0.3) is 5.91 Å². The Balaban J connectivity index is 2.54. The van der Waals surface area contributed by atoms with Gasteiger partial charge in [-0.05, 0) is 6.42 Å². The molecule has 0 aliphatic heterocycles. The first kappa shape index (κ1) is 16.4. The van der Waals surface area contributed by atoms with Crippen LogP contribution in [0.5, 0.6) is 0 Å². The Morgan fingerprint density at radius 3 is 2.76 bits per heavy atom. The number of carbonyl (C=O) groups is 2. The Bertz CT molecular complexity index is 564. The van der Waals surface area contributed by atoms with Crippen LogP contribution in [0.2, 0.25) is 5.15 Å². The van der Waals surface area contributed by atoms with Gasteiger partial charge in [-0.1, -0.05) is 18.5 Å². The summed E-state index contributed by atoms with van der Waals surface area (Å²) >= 11 is 5.64. The Hall–Kier alpha value is -2.62. The van der Waals surface area contributed by atoms with E-state index in [1.54, 1.807) is 0 Å². The zero-order chi connectivity index (χ0) is 15.8. The van der Waals surface area contributed by atoms with Crippen LogP contribution in [0, 0.1) is 0 Å². The summed E-state index contributed by atoms with van der Waals surface area (Å²) < 4.78 is 4.68. The first-order valence-electron chi connectivity index (χ1n) is 5.79. The summed E-state index contributed by atoms with van der Waals surface area (Å²) in [5.74, 6) is -0.979. The minimum atomic E-state index is -0.739. The molecule has 1 heterocycles. The van der Waals surface area contributed by atoms with Crippen molar-refractivity contribution in [1.29, 1.82) is 0 Å². The number of nitrogens with two attached hydrogens (primary N) is 2. The Morgan fingerprint density at radius 1 is 1.38 bits per heavy atom. The second kappa shape index (κ2) is 7.85. The molecule has 6 N–H and O–H groups in total. The van der Waals surface area contributed by atoms with Gasteiger partial charge in [0.2, 0.25) is 0 Å². The number of nitrogens with one attached hydrogen (secondary N) is 2. The molecule has 10 nitrogen and oxygen atoms in total. The highest BCUT2D eigenvalue weighted by Crippen LogP contribution is 2.16. The lowest BCUT2D eigenvalue weighted by Crippen LogP contribution is -2.27. The third kappa shape index (κ3) is 5.10. The fraction of sp³-hybridized carbons (Fsp3) is 0.300. The number of carbonyl (C=O) groups excluding carboxylic acids is 2. The van der Waals surface area contributed by atoms with E-state index >= 15 is 0 Å². The Labute approximate surface area is 124 Å². The predicted octanol–water partition coefficient (Wildman–Crippen LogP) is 0.104. The third-order valence-electron chi connectivity index (χ3n) is 1.97. The van der Waals surface area contributed by atoms with Crippen molar-refractivity contribution in [2.75, 3.05) is 18.1 Å². The Kier molecular flexibility index (Phi) is 6.14. The zero-order valence-corrected chi connectivity index (χ0v) is 11.8. The first-order chi connectivity index (χ1) is 9.95. The van der Waals surface area contributed by atoms with Gasteiger partial charge in [-0.3, -0.25) is 4.79 Å². The van der Waals surface area contributed by atoms with Crippen molar-refractivity contribution in [3.63, 3.8) is 0 Å². The molecule has 114 valence electrons. The summed E-state index contributed by atoms with van der Waals surface area (Å²) in [5, 5.41) is 5.50. The van der Waals surface area contributed by atoms with E-state index < -0.39 is 12.0 Å². The molecule has 0 aromatic carbocycles. The van der Waals surface area contributed by atoms with Crippen molar-refractivity contribution in [2.45, 2.75) is 13.3 Å². The average Bonchev–Trinajstić information content (AvgIpc) is 2.45. The van der Waals surface area contributed by atoms with Crippen LogP contribution in [-0.2, 0) is 4.74 Å². The molecule has 0 aliphatic carbocycles. The number of amides is 2. The number of hydrazone groups is 1. The maximum atomic E-state index is 11.7. The van der Waals surface area contributed by atoms with Gasteiger partial charge in [0, 0.05) is 0 Å². The van der Waals surface area contributed by atoms with Crippen molar-refractivity contribution in [3.05, 3.63) is 10.8 Å². The summed E-state index contributed by atoms with van der Waals surface area (Å²) in [6.07, 6.45) is 0.877. The summed E-state index contributed by atoms with van der Waals surface area (Å²) in [5.41, 5.74) is 12.7. The molecule has 0 bridgehead atoms. The normalized spacial score (nSPS) is 10.4. The van der Waals surface area contributed by atoms with Gasteiger partial charge in [-0.15, -0.1) is 0 Å². The van der Waals surface area contributed by atoms with Crippen LogP contribution in [0.4, 0.5) is 16.4 Å². The number of aromatic nitrogens is 2. The summed E-state index contributed by atoms with van der Waals surface area (Å²) in [6.45, 7) is 2.11. The van der Waals surface area contributed by atoms with E-state index in [2.05, 4.69) is 25.1 Å².